The Morgan fingerprint density at radius 2 is 2.25 bits per heavy atom. The Morgan fingerprint density at radius 3 is 3.06 bits per heavy atom. The summed E-state index contributed by atoms with van der Waals surface area (Å²) in [5.41, 5.74) is 0. The van der Waals surface area contributed by atoms with E-state index in [1.807, 2.05) is 36.1 Å². The number of ether oxygens (including phenoxy) is 3. The van der Waals surface area contributed by atoms with E-state index >= 15 is 0 Å². The van der Waals surface area contributed by atoms with Gasteiger partial charge in [-0.15, -0.1) is 0 Å². The standard InChI is InChI=1S/C12H12NO3/c1-13-4-3-8-5-10-12(16-7-15-10)11(14-2)9(8)6-13/h3-6H,7H2,1-2H3/q+1. The molecule has 2 heterocycles. The molecule has 4 nitrogen and oxygen atoms in total. The van der Waals surface area contributed by atoms with Crippen molar-refractivity contribution in [1.29, 1.82) is 0 Å². The predicted octanol–water partition coefficient (Wildman–Crippen LogP) is 1.40. The second kappa shape index (κ2) is 3.27. The lowest BCUT2D eigenvalue weighted by Crippen LogP contribution is -2.25. The van der Waals surface area contributed by atoms with Crippen LogP contribution in [0.25, 0.3) is 10.8 Å². The third-order valence-electron chi connectivity index (χ3n) is 2.72. The van der Waals surface area contributed by atoms with Crippen LogP contribution in [-0.4, -0.2) is 13.9 Å². The summed E-state index contributed by atoms with van der Waals surface area (Å²) in [6, 6.07) is 4.00. The van der Waals surface area contributed by atoms with Gasteiger partial charge >= 0.3 is 0 Å². The Labute approximate surface area is 93.0 Å². The minimum Gasteiger partial charge on any atom is -0.492 e. The molecule has 16 heavy (non-hydrogen) atoms. The summed E-state index contributed by atoms with van der Waals surface area (Å²) in [5.74, 6) is 2.18. The number of aromatic nitrogens is 1. The van der Waals surface area contributed by atoms with Gasteiger partial charge in [-0.3, -0.25) is 0 Å². The molecule has 2 aromatic rings. The second-order valence-electron chi connectivity index (χ2n) is 3.76. The molecule has 0 spiro atoms. The van der Waals surface area contributed by atoms with E-state index in [1.54, 1.807) is 7.11 Å². The summed E-state index contributed by atoms with van der Waals surface area (Å²) in [7, 11) is 3.62. The lowest BCUT2D eigenvalue weighted by Gasteiger charge is -2.07. The molecule has 1 aliphatic heterocycles. The highest BCUT2D eigenvalue weighted by Gasteiger charge is 2.22. The van der Waals surface area contributed by atoms with Crippen LogP contribution in [0, 0.1) is 0 Å². The molecule has 0 aliphatic carbocycles. The van der Waals surface area contributed by atoms with Crippen LogP contribution in [0.4, 0.5) is 0 Å². The molecule has 0 unspecified atom stereocenters. The van der Waals surface area contributed by atoms with E-state index in [1.165, 1.54) is 0 Å². The number of methoxy groups -OCH3 is 1. The quantitative estimate of drug-likeness (QED) is 0.678. The first-order valence-corrected chi connectivity index (χ1v) is 5.05. The van der Waals surface area contributed by atoms with E-state index in [0.29, 0.717) is 5.75 Å². The first kappa shape index (κ1) is 9.27. The summed E-state index contributed by atoms with van der Waals surface area (Å²) < 4.78 is 18.2. The van der Waals surface area contributed by atoms with Crippen LogP contribution in [0.1, 0.15) is 0 Å². The highest BCUT2D eigenvalue weighted by molar-refractivity contribution is 5.92. The van der Waals surface area contributed by atoms with Crippen LogP contribution >= 0.6 is 0 Å². The van der Waals surface area contributed by atoms with Gasteiger partial charge in [-0.05, 0) is 6.07 Å². The van der Waals surface area contributed by atoms with E-state index in [4.69, 9.17) is 14.2 Å². The number of rotatable bonds is 1. The van der Waals surface area contributed by atoms with Gasteiger partial charge in [0.25, 0.3) is 0 Å². The molecule has 0 saturated heterocycles. The van der Waals surface area contributed by atoms with Crippen LogP contribution in [0.2, 0.25) is 0 Å². The minimum atomic E-state index is 0.258. The first-order valence-electron chi connectivity index (χ1n) is 5.05. The SMILES string of the molecule is COc1c2c(cc3cc[n+](C)cc13)OCO2. The van der Waals surface area contributed by atoms with Gasteiger partial charge in [-0.1, -0.05) is 0 Å². The zero-order chi connectivity index (χ0) is 11.1. The Morgan fingerprint density at radius 1 is 1.38 bits per heavy atom. The molecule has 1 aliphatic rings. The highest BCUT2D eigenvalue weighted by atomic mass is 16.7. The molecule has 4 heteroatoms. The third kappa shape index (κ3) is 1.19. The third-order valence-corrected chi connectivity index (χ3v) is 2.72. The number of pyridine rings is 1. The van der Waals surface area contributed by atoms with Gasteiger partial charge in [0.05, 0.1) is 12.5 Å². The van der Waals surface area contributed by atoms with E-state index in [-0.39, 0.29) is 6.79 Å². The van der Waals surface area contributed by atoms with Crippen LogP contribution in [-0.2, 0) is 7.05 Å². The predicted molar refractivity (Wildman–Crippen MR) is 57.8 cm³/mol. The van der Waals surface area contributed by atoms with Crippen molar-refractivity contribution in [2.24, 2.45) is 7.05 Å². The monoisotopic (exact) mass is 218 g/mol. The van der Waals surface area contributed by atoms with Crippen molar-refractivity contribution < 1.29 is 18.8 Å². The molecule has 0 radical (unpaired) electrons. The van der Waals surface area contributed by atoms with Crippen LogP contribution in [0.15, 0.2) is 24.5 Å². The number of fused-ring (bicyclic) bond motifs is 2. The maximum Gasteiger partial charge on any atom is 0.231 e. The van der Waals surface area contributed by atoms with Gasteiger partial charge in [0, 0.05) is 11.5 Å². The fourth-order valence-electron chi connectivity index (χ4n) is 1.96. The van der Waals surface area contributed by atoms with E-state index in [9.17, 15) is 0 Å². The van der Waals surface area contributed by atoms with Crippen LogP contribution < -0.4 is 18.8 Å². The van der Waals surface area contributed by atoms with Gasteiger partial charge < -0.3 is 14.2 Å². The first-order chi connectivity index (χ1) is 7.79. The van der Waals surface area contributed by atoms with E-state index < -0.39 is 0 Å². The van der Waals surface area contributed by atoms with Gasteiger partial charge in [0.15, 0.2) is 23.9 Å². The van der Waals surface area contributed by atoms with E-state index in [2.05, 4.69) is 0 Å². The molecule has 0 N–H and O–H groups in total. The maximum absolute atomic E-state index is 5.41. The average molecular weight is 218 g/mol. The summed E-state index contributed by atoms with van der Waals surface area (Å²) in [6.45, 7) is 0.258. The summed E-state index contributed by atoms with van der Waals surface area (Å²) in [5, 5.41) is 2.11. The number of hydrogen-bond donors (Lipinski definition) is 0. The fraction of sp³-hybridized carbons (Fsp3) is 0.250. The van der Waals surface area contributed by atoms with Gasteiger partial charge in [-0.2, -0.15) is 0 Å². The molecule has 82 valence electrons. The Hall–Kier alpha value is -1.97. The largest absolute Gasteiger partial charge is 0.492 e. The maximum atomic E-state index is 5.41. The molecule has 1 aromatic heterocycles. The van der Waals surface area contributed by atoms with Gasteiger partial charge in [0.1, 0.15) is 7.05 Å². The molecule has 3 rings (SSSR count). The molecular formula is C12H12NO3+. The molecule has 1 aromatic carbocycles. The Bertz CT molecular complexity index is 566. The Balaban J connectivity index is 2.40. The van der Waals surface area contributed by atoms with Crippen molar-refractivity contribution >= 4 is 10.8 Å². The number of hydrogen-bond acceptors (Lipinski definition) is 3. The summed E-state index contributed by atoms with van der Waals surface area (Å²) in [6.07, 6.45) is 4.00. The average Bonchev–Trinajstić information content (AvgIpc) is 2.73. The highest BCUT2D eigenvalue weighted by Crippen LogP contribution is 2.45. The summed E-state index contributed by atoms with van der Waals surface area (Å²) in [4.78, 5) is 0. The van der Waals surface area contributed by atoms with Crippen molar-refractivity contribution in [3.05, 3.63) is 24.5 Å². The normalized spacial score (nSPS) is 13.1. The molecule has 0 amide bonds. The molecule has 0 saturated carbocycles. The smallest absolute Gasteiger partial charge is 0.231 e. The number of benzene rings is 1. The van der Waals surface area contributed by atoms with Crippen molar-refractivity contribution in [2.75, 3.05) is 13.9 Å². The lowest BCUT2D eigenvalue weighted by molar-refractivity contribution is -0.670. The lowest BCUT2D eigenvalue weighted by atomic mass is 10.1. The second-order valence-corrected chi connectivity index (χ2v) is 3.76. The van der Waals surface area contributed by atoms with Gasteiger partial charge in [-0.25, -0.2) is 4.57 Å². The minimum absolute atomic E-state index is 0.258. The summed E-state index contributed by atoms with van der Waals surface area (Å²) >= 11 is 0. The molecular weight excluding hydrogens is 206 g/mol. The van der Waals surface area contributed by atoms with Crippen molar-refractivity contribution in [2.45, 2.75) is 0 Å². The number of nitrogens with zero attached hydrogens (tertiary/aromatic N) is 1. The van der Waals surface area contributed by atoms with E-state index in [0.717, 1.165) is 22.3 Å². The zero-order valence-corrected chi connectivity index (χ0v) is 9.19. The number of aryl methyl sites for hydroxylation is 1. The van der Waals surface area contributed by atoms with Gasteiger partial charge in [0.2, 0.25) is 12.5 Å². The van der Waals surface area contributed by atoms with Crippen molar-refractivity contribution in [1.82, 2.24) is 0 Å². The fourth-order valence-corrected chi connectivity index (χ4v) is 1.96. The Kier molecular flexibility index (Phi) is 1.89. The zero-order valence-electron chi connectivity index (χ0n) is 9.19. The van der Waals surface area contributed by atoms with Crippen LogP contribution in [0.3, 0.4) is 0 Å². The molecule has 0 bridgehead atoms. The van der Waals surface area contributed by atoms with Crippen molar-refractivity contribution in [3.63, 3.8) is 0 Å². The topological polar surface area (TPSA) is 31.6 Å². The molecule has 0 atom stereocenters. The van der Waals surface area contributed by atoms with Crippen molar-refractivity contribution in [3.8, 4) is 17.2 Å². The molecule has 0 fully saturated rings. The van der Waals surface area contributed by atoms with Crippen LogP contribution in [0.5, 0.6) is 17.2 Å².